The highest BCUT2D eigenvalue weighted by Crippen LogP contribution is 2.49. The molecular weight excluding hydrogens is 734 g/mol. The fourth-order valence-corrected chi connectivity index (χ4v) is 7.95. The smallest absolute Gasteiger partial charge is 0.409 e. The monoisotopic (exact) mass is 783 g/mol. The molecule has 0 spiro atoms. The van der Waals surface area contributed by atoms with E-state index in [4.69, 9.17) is 46.5 Å². The quantitative estimate of drug-likeness (QED) is 0.294. The van der Waals surface area contributed by atoms with Crippen LogP contribution in [0.5, 0.6) is 5.75 Å². The van der Waals surface area contributed by atoms with Crippen LogP contribution in [0.3, 0.4) is 0 Å². The molecule has 288 valence electrons. The van der Waals surface area contributed by atoms with Crippen LogP contribution in [0.15, 0.2) is 35.9 Å². The lowest BCUT2D eigenvalue weighted by Crippen LogP contribution is -2.63. The highest BCUT2D eigenvalue weighted by Gasteiger charge is 2.64. The minimum atomic E-state index is -1.83. The SMILES string of the molecule is COc1cc2cc(c1Cl)N(C)C(=O)C[C@H](OC(=O)[C@@H](CCS(C)=S)N(C)C(C)=O)[C@]1(C)OC1[C@H](C)[C@@H]1C[C@@](O)(NC(=O)O1)[C@H](OC)C=CC=C(C)C2. The Balaban J connectivity index is 1.81. The molecule has 3 amide bonds. The van der Waals surface area contributed by atoms with Gasteiger partial charge in [0.25, 0.3) is 0 Å². The molecule has 52 heavy (non-hydrogen) atoms. The number of anilines is 1. The first kappa shape index (κ1) is 41.7. The number of esters is 1. The largest absolute Gasteiger partial charge is 0.495 e. The lowest BCUT2D eigenvalue weighted by Gasteiger charge is -2.42. The van der Waals surface area contributed by atoms with Crippen molar-refractivity contribution in [2.45, 2.75) is 95.2 Å². The van der Waals surface area contributed by atoms with Crippen molar-refractivity contribution >= 4 is 61.8 Å². The van der Waals surface area contributed by atoms with Gasteiger partial charge < -0.3 is 38.6 Å². The van der Waals surface area contributed by atoms with Gasteiger partial charge >= 0.3 is 12.1 Å². The lowest BCUT2D eigenvalue weighted by molar-refractivity contribution is -0.162. The summed E-state index contributed by atoms with van der Waals surface area (Å²) in [5, 5.41) is 14.5. The van der Waals surface area contributed by atoms with E-state index in [1.54, 1.807) is 45.2 Å². The number of fused-ring (bicyclic) bond motifs is 5. The van der Waals surface area contributed by atoms with Crippen LogP contribution in [-0.4, -0.2) is 116 Å². The van der Waals surface area contributed by atoms with E-state index in [-0.39, 0.29) is 30.2 Å². The van der Waals surface area contributed by atoms with Crippen molar-refractivity contribution in [1.29, 1.82) is 0 Å². The van der Waals surface area contributed by atoms with Crippen LogP contribution < -0.4 is 15.0 Å². The summed E-state index contributed by atoms with van der Waals surface area (Å²) in [6.07, 6.45) is 3.05. The molecule has 0 aliphatic carbocycles. The number of allylic oxidation sites excluding steroid dienone is 3. The molecule has 16 heteroatoms. The van der Waals surface area contributed by atoms with Gasteiger partial charge in [-0.1, -0.05) is 53.5 Å². The second-order valence-electron chi connectivity index (χ2n) is 13.9. The van der Waals surface area contributed by atoms with E-state index in [0.717, 1.165) is 11.1 Å². The fraction of sp³-hybridized carbons (Fsp3) is 0.611. The number of ether oxygens (including phenoxy) is 5. The maximum atomic E-state index is 14.2. The summed E-state index contributed by atoms with van der Waals surface area (Å²) in [7, 11) is 5.59. The fourth-order valence-electron chi connectivity index (χ4n) is 6.79. The van der Waals surface area contributed by atoms with Gasteiger partial charge in [-0.05, 0) is 50.6 Å². The molecule has 1 aromatic carbocycles. The predicted molar refractivity (Wildman–Crippen MR) is 201 cm³/mol. The maximum Gasteiger partial charge on any atom is 0.409 e. The molecule has 3 heterocycles. The van der Waals surface area contributed by atoms with Crippen LogP contribution in [0.1, 0.15) is 52.5 Å². The molecule has 2 fully saturated rings. The predicted octanol–water partition coefficient (Wildman–Crippen LogP) is 3.61. The molecule has 4 bridgehead atoms. The van der Waals surface area contributed by atoms with Crippen LogP contribution in [0.25, 0.3) is 0 Å². The number of aliphatic hydroxyl groups is 1. The molecular formula is C36H50ClN3O10S2. The highest BCUT2D eigenvalue weighted by atomic mass is 35.5. The molecule has 13 nitrogen and oxygen atoms in total. The molecule has 9 atom stereocenters. The average molecular weight is 784 g/mol. The second-order valence-corrected chi connectivity index (χ2v) is 17.6. The third-order valence-corrected chi connectivity index (χ3v) is 11.8. The van der Waals surface area contributed by atoms with E-state index in [2.05, 4.69) is 5.32 Å². The Morgan fingerprint density at radius 3 is 2.60 bits per heavy atom. The van der Waals surface area contributed by atoms with Gasteiger partial charge in [0.05, 0.1) is 25.3 Å². The summed E-state index contributed by atoms with van der Waals surface area (Å²) in [6.45, 7) is 6.80. The number of nitrogens with zero attached hydrogens (tertiary/aromatic N) is 2. The topological polar surface area (TPSA) is 156 Å². The minimum Gasteiger partial charge on any atom is -0.495 e. The summed E-state index contributed by atoms with van der Waals surface area (Å²) in [5.74, 6) is -1.14. The van der Waals surface area contributed by atoms with Crippen molar-refractivity contribution in [3.63, 3.8) is 0 Å². The van der Waals surface area contributed by atoms with Crippen molar-refractivity contribution in [3.8, 4) is 5.75 Å². The normalized spacial score (nSPS) is 30.6. The number of alkyl carbamates (subject to hydrolysis) is 1. The third kappa shape index (κ3) is 9.34. The Hall–Kier alpha value is -3.08. The zero-order valence-corrected chi connectivity index (χ0v) is 33.5. The number of benzene rings is 1. The summed E-state index contributed by atoms with van der Waals surface area (Å²) >= 11 is 12.1. The van der Waals surface area contributed by atoms with Crippen molar-refractivity contribution in [3.05, 3.63) is 46.5 Å². The van der Waals surface area contributed by atoms with E-state index in [0.29, 0.717) is 23.6 Å². The molecule has 4 rings (SSSR count). The minimum absolute atomic E-state index is 0.0524. The summed E-state index contributed by atoms with van der Waals surface area (Å²) in [6, 6.07) is 2.63. The molecule has 2 N–H and O–H groups in total. The van der Waals surface area contributed by atoms with Gasteiger partial charge in [-0.25, -0.2) is 9.59 Å². The van der Waals surface area contributed by atoms with E-state index in [9.17, 15) is 24.3 Å². The summed E-state index contributed by atoms with van der Waals surface area (Å²) < 4.78 is 29.3. The second kappa shape index (κ2) is 16.9. The average Bonchev–Trinajstić information content (AvgIpc) is 3.77. The van der Waals surface area contributed by atoms with E-state index in [1.165, 1.54) is 38.0 Å². The molecule has 0 saturated carbocycles. The molecule has 2 unspecified atom stereocenters. The van der Waals surface area contributed by atoms with Crippen molar-refractivity contribution < 1.29 is 48.0 Å². The first-order chi connectivity index (χ1) is 24.3. The molecule has 0 radical (unpaired) electrons. The van der Waals surface area contributed by atoms with Crippen LogP contribution in [0, 0.1) is 5.92 Å². The number of carbonyl (C=O) groups excluding carboxylic acids is 4. The van der Waals surface area contributed by atoms with E-state index >= 15 is 0 Å². The number of hydrogen-bond donors (Lipinski definition) is 2. The summed E-state index contributed by atoms with van der Waals surface area (Å²) in [4.78, 5) is 56.1. The maximum absolute atomic E-state index is 14.2. The van der Waals surface area contributed by atoms with Crippen LogP contribution in [0.4, 0.5) is 10.5 Å². The van der Waals surface area contributed by atoms with Crippen LogP contribution in [-0.2, 0) is 60.4 Å². The zero-order chi connectivity index (χ0) is 38.7. The van der Waals surface area contributed by atoms with E-state index < -0.39 is 75.1 Å². The van der Waals surface area contributed by atoms with E-state index in [1.807, 2.05) is 19.3 Å². The van der Waals surface area contributed by atoms with Gasteiger partial charge in [0, 0.05) is 46.2 Å². The Labute approximate surface area is 317 Å². The Kier molecular flexibility index (Phi) is 13.6. The van der Waals surface area contributed by atoms with Crippen molar-refractivity contribution in [2.75, 3.05) is 45.2 Å². The van der Waals surface area contributed by atoms with Crippen LogP contribution >= 0.6 is 11.6 Å². The van der Waals surface area contributed by atoms with Gasteiger partial charge in [0.1, 0.15) is 40.7 Å². The first-order valence-electron chi connectivity index (χ1n) is 17.0. The zero-order valence-electron chi connectivity index (χ0n) is 31.1. The number of nitrogens with one attached hydrogen (secondary N) is 1. The van der Waals surface area contributed by atoms with Crippen molar-refractivity contribution in [2.24, 2.45) is 5.92 Å². The number of epoxide rings is 1. The Morgan fingerprint density at radius 1 is 1.29 bits per heavy atom. The number of likely N-dealkylation sites (N-methyl/N-ethyl adjacent to an activating group) is 1. The van der Waals surface area contributed by atoms with Gasteiger partial charge in [-0.2, -0.15) is 0 Å². The molecule has 3 aliphatic rings. The van der Waals surface area contributed by atoms with Gasteiger partial charge in [-0.3, -0.25) is 14.9 Å². The van der Waals surface area contributed by atoms with Gasteiger partial charge in [0.15, 0.2) is 5.72 Å². The Morgan fingerprint density at radius 2 is 1.98 bits per heavy atom. The summed E-state index contributed by atoms with van der Waals surface area (Å²) in [5.41, 5.74) is -0.927. The molecule has 1 aromatic rings. The standard InChI is InChI=1S/C36H50ClN3O10S2/c1-20-11-10-12-28(47-8)36(45)19-27(48-34(44)38-36)21(2)32-35(4,50-32)29(49-33(43)24(13-14-52(9)51)39(5)22(3)41)18-30(42)40(6)25-16-23(15-20)17-26(46-7)31(25)37/h10-12,16-17,21,24,27-29,32,45H,13-15,18-19H2,1-9H3,(H,38,44)/t21-,24-,27+,28-,29+,32?,35+,36+,52?/m1/s1. The van der Waals surface area contributed by atoms with Crippen molar-refractivity contribution in [1.82, 2.24) is 10.2 Å². The number of amides is 3. The lowest BCUT2D eigenvalue weighted by atomic mass is 9.83. The molecule has 2 saturated heterocycles. The number of hydrogen-bond acceptors (Lipinski definition) is 11. The number of methoxy groups -OCH3 is 2. The first-order valence-corrected chi connectivity index (χ1v) is 20.1. The molecule has 3 aliphatic heterocycles. The van der Waals surface area contributed by atoms with Gasteiger partial charge in [-0.15, -0.1) is 9.45 Å². The highest BCUT2D eigenvalue weighted by molar-refractivity contribution is 8.28. The number of carbonyl (C=O) groups is 4. The Bertz CT molecular complexity index is 1640. The van der Waals surface area contributed by atoms with Gasteiger partial charge in [0.2, 0.25) is 11.8 Å². The number of halogens is 1. The third-order valence-electron chi connectivity index (χ3n) is 10.1. The number of rotatable bonds is 8. The van der Waals surface area contributed by atoms with Crippen LogP contribution in [0.2, 0.25) is 5.02 Å². The molecule has 0 aromatic heterocycles.